The molecule has 0 aliphatic carbocycles. The van der Waals surface area contributed by atoms with Gasteiger partial charge in [0.15, 0.2) is 3.92 Å². The van der Waals surface area contributed by atoms with Crippen LogP contribution in [0, 0.1) is 6.92 Å². The van der Waals surface area contributed by atoms with Crippen LogP contribution >= 0.6 is 27.3 Å². The van der Waals surface area contributed by atoms with Crippen molar-refractivity contribution in [3.63, 3.8) is 0 Å². The second kappa shape index (κ2) is 3.51. The van der Waals surface area contributed by atoms with Crippen LogP contribution in [0.1, 0.15) is 5.56 Å². The molecule has 5 heteroatoms. The number of hydrogen-bond acceptors (Lipinski definition) is 4. The molecule has 2 aromatic rings. The fourth-order valence-electron chi connectivity index (χ4n) is 0.994. The molecule has 2 heterocycles. The first-order valence-corrected chi connectivity index (χ1v) is 5.28. The number of nitrogens with zero attached hydrogens (tertiary/aromatic N) is 3. The van der Waals surface area contributed by atoms with E-state index < -0.39 is 0 Å². The molecule has 3 nitrogen and oxygen atoms in total. The van der Waals surface area contributed by atoms with Crippen LogP contribution in [-0.2, 0) is 0 Å². The van der Waals surface area contributed by atoms with E-state index in [1.165, 1.54) is 11.3 Å². The summed E-state index contributed by atoms with van der Waals surface area (Å²) in [6, 6.07) is 2.04. The molecular formula is C8H6BrN3S. The molecule has 66 valence electrons. The molecule has 0 aliphatic heterocycles. The Hall–Kier alpha value is -0.810. The SMILES string of the molecule is Cc1cncc(-c2nnc(Br)s2)c1. The fraction of sp³-hybridized carbons (Fsp3) is 0.125. The first-order valence-electron chi connectivity index (χ1n) is 3.67. The maximum Gasteiger partial charge on any atom is 0.183 e. The van der Waals surface area contributed by atoms with E-state index in [0.717, 1.165) is 20.1 Å². The Balaban J connectivity index is 2.46. The lowest BCUT2D eigenvalue weighted by atomic mass is 10.2. The molecule has 0 saturated carbocycles. The van der Waals surface area contributed by atoms with Crippen molar-refractivity contribution in [1.29, 1.82) is 0 Å². The van der Waals surface area contributed by atoms with Crippen LogP contribution in [-0.4, -0.2) is 15.2 Å². The van der Waals surface area contributed by atoms with E-state index in [4.69, 9.17) is 0 Å². The fourth-order valence-corrected chi connectivity index (χ4v) is 2.09. The van der Waals surface area contributed by atoms with Gasteiger partial charge in [0.2, 0.25) is 0 Å². The Labute approximate surface area is 88.0 Å². The van der Waals surface area contributed by atoms with Crippen LogP contribution in [0.15, 0.2) is 22.4 Å². The molecule has 0 aliphatic rings. The van der Waals surface area contributed by atoms with Crippen LogP contribution in [0.4, 0.5) is 0 Å². The van der Waals surface area contributed by atoms with Crippen molar-refractivity contribution < 1.29 is 0 Å². The molecular weight excluding hydrogens is 250 g/mol. The third kappa shape index (κ3) is 1.92. The normalized spacial score (nSPS) is 10.3. The minimum absolute atomic E-state index is 0.795. The first kappa shape index (κ1) is 8.77. The Morgan fingerprint density at radius 1 is 1.31 bits per heavy atom. The standard InChI is InChI=1S/C8H6BrN3S/c1-5-2-6(4-10-3-5)7-11-12-8(9)13-7/h2-4H,1H3. The van der Waals surface area contributed by atoms with Crippen LogP contribution in [0.25, 0.3) is 10.6 Å². The summed E-state index contributed by atoms with van der Waals surface area (Å²) in [4.78, 5) is 4.09. The summed E-state index contributed by atoms with van der Waals surface area (Å²) in [5.41, 5.74) is 2.15. The van der Waals surface area contributed by atoms with Crippen molar-refractivity contribution in [2.45, 2.75) is 6.92 Å². The summed E-state index contributed by atoms with van der Waals surface area (Å²) in [5, 5.41) is 8.78. The van der Waals surface area contributed by atoms with Gasteiger partial charge in [0.25, 0.3) is 0 Å². The zero-order valence-electron chi connectivity index (χ0n) is 6.86. The number of halogens is 1. The van der Waals surface area contributed by atoms with Crippen LogP contribution in [0.5, 0.6) is 0 Å². The number of rotatable bonds is 1. The van der Waals surface area contributed by atoms with Gasteiger partial charge in [0.1, 0.15) is 5.01 Å². The van der Waals surface area contributed by atoms with Gasteiger partial charge in [0, 0.05) is 18.0 Å². The Bertz CT molecular complexity index is 427. The maximum atomic E-state index is 4.09. The van der Waals surface area contributed by atoms with Gasteiger partial charge in [-0.1, -0.05) is 11.3 Å². The van der Waals surface area contributed by atoms with Crippen molar-refractivity contribution in [2.24, 2.45) is 0 Å². The second-order valence-corrected chi connectivity index (χ2v) is 4.86. The molecule has 2 rings (SSSR count). The van der Waals surface area contributed by atoms with Crippen molar-refractivity contribution in [2.75, 3.05) is 0 Å². The van der Waals surface area contributed by atoms with Gasteiger partial charge in [-0.2, -0.15) is 0 Å². The summed E-state index contributed by atoms with van der Waals surface area (Å²) < 4.78 is 0.795. The first-order chi connectivity index (χ1) is 6.25. The average molecular weight is 256 g/mol. The number of aryl methyl sites for hydroxylation is 1. The zero-order valence-corrected chi connectivity index (χ0v) is 9.26. The monoisotopic (exact) mass is 255 g/mol. The predicted molar refractivity (Wildman–Crippen MR) is 55.6 cm³/mol. The zero-order chi connectivity index (χ0) is 9.26. The minimum Gasteiger partial charge on any atom is -0.264 e. The van der Waals surface area contributed by atoms with Crippen molar-refractivity contribution >= 4 is 27.3 Å². The second-order valence-electron chi connectivity index (χ2n) is 2.61. The number of aromatic nitrogens is 3. The lowest BCUT2D eigenvalue weighted by Gasteiger charge is -1.94. The van der Waals surface area contributed by atoms with Gasteiger partial charge in [-0.25, -0.2) is 0 Å². The molecule has 0 aromatic carbocycles. The van der Waals surface area contributed by atoms with Gasteiger partial charge >= 0.3 is 0 Å². The third-order valence-corrected chi connectivity index (χ3v) is 2.93. The summed E-state index contributed by atoms with van der Waals surface area (Å²) in [7, 11) is 0. The molecule has 0 saturated heterocycles. The number of hydrogen-bond donors (Lipinski definition) is 0. The Morgan fingerprint density at radius 2 is 2.15 bits per heavy atom. The molecule has 0 atom stereocenters. The molecule has 0 amide bonds. The Kier molecular flexibility index (Phi) is 2.37. The van der Waals surface area contributed by atoms with Gasteiger partial charge in [-0.15, -0.1) is 10.2 Å². The van der Waals surface area contributed by atoms with Gasteiger partial charge in [0.05, 0.1) is 0 Å². The molecule has 0 N–H and O–H groups in total. The van der Waals surface area contributed by atoms with Crippen LogP contribution in [0.2, 0.25) is 0 Å². The van der Waals surface area contributed by atoms with E-state index >= 15 is 0 Å². The smallest absolute Gasteiger partial charge is 0.183 e. The molecule has 13 heavy (non-hydrogen) atoms. The van der Waals surface area contributed by atoms with Gasteiger partial charge in [-0.3, -0.25) is 4.98 Å². The quantitative estimate of drug-likeness (QED) is 0.787. The molecule has 0 bridgehead atoms. The highest BCUT2D eigenvalue weighted by molar-refractivity contribution is 9.11. The third-order valence-electron chi connectivity index (χ3n) is 1.52. The van der Waals surface area contributed by atoms with E-state index in [1.54, 1.807) is 6.20 Å². The van der Waals surface area contributed by atoms with Crippen molar-refractivity contribution in [3.8, 4) is 10.6 Å². The Morgan fingerprint density at radius 3 is 2.77 bits per heavy atom. The summed E-state index contributed by atoms with van der Waals surface area (Å²) in [6.45, 7) is 2.01. The molecule has 0 spiro atoms. The van der Waals surface area contributed by atoms with Gasteiger partial charge in [-0.05, 0) is 34.5 Å². The van der Waals surface area contributed by atoms with E-state index in [-0.39, 0.29) is 0 Å². The van der Waals surface area contributed by atoms with Gasteiger partial charge < -0.3 is 0 Å². The van der Waals surface area contributed by atoms with Crippen molar-refractivity contribution in [1.82, 2.24) is 15.2 Å². The predicted octanol–water partition coefficient (Wildman–Crippen LogP) is 2.67. The highest BCUT2D eigenvalue weighted by Crippen LogP contribution is 2.25. The number of pyridine rings is 1. The highest BCUT2D eigenvalue weighted by atomic mass is 79.9. The lowest BCUT2D eigenvalue weighted by Crippen LogP contribution is -1.81. The maximum absolute atomic E-state index is 4.09. The lowest BCUT2D eigenvalue weighted by molar-refractivity contribution is 1.07. The van der Waals surface area contributed by atoms with E-state index in [9.17, 15) is 0 Å². The van der Waals surface area contributed by atoms with E-state index in [1.807, 2.05) is 19.2 Å². The molecule has 0 unspecified atom stereocenters. The topological polar surface area (TPSA) is 38.7 Å². The minimum atomic E-state index is 0.795. The molecule has 0 radical (unpaired) electrons. The summed E-state index contributed by atoms with van der Waals surface area (Å²) >= 11 is 4.78. The average Bonchev–Trinajstić information content (AvgIpc) is 2.52. The van der Waals surface area contributed by atoms with Crippen LogP contribution < -0.4 is 0 Å². The largest absolute Gasteiger partial charge is 0.264 e. The van der Waals surface area contributed by atoms with Crippen molar-refractivity contribution in [3.05, 3.63) is 27.9 Å². The summed E-state index contributed by atoms with van der Waals surface area (Å²) in [5.74, 6) is 0. The summed E-state index contributed by atoms with van der Waals surface area (Å²) in [6.07, 6.45) is 3.61. The molecule has 2 aromatic heterocycles. The molecule has 0 fully saturated rings. The van der Waals surface area contributed by atoms with Crippen LogP contribution in [0.3, 0.4) is 0 Å². The highest BCUT2D eigenvalue weighted by Gasteiger charge is 2.04. The van der Waals surface area contributed by atoms with E-state index in [0.29, 0.717) is 0 Å². The van der Waals surface area contributed by atoms with E-state index in [2.05, 4.69) is 31.1 Å².